The van der Waals surface area contributed by atoms with Crippen LogP contribution in [0.4, 0.5) is 14.5 Å². The van der Waals surface area contributed by atoms with Crippen molar-refractivity contribution in [2.75, 3.05) is 31.2 Å². The van der Waals surface area contributed by atoms with Crippen LogP contribution in [-0.4, -0.2) is 32.2 Å². The molecule has 1 aliphatic rings. The molecule has 0 aromatic heterocycles. The van der Waals surface area contributed by atoms with Gasteiger partial charge in [-0.25, -0.2) is 8.78 Å². The molecular formula is C21H22F2N2O2. The first-order chi connectivity index (χ1) is 13.0. The van der Waals surface area contributed by atoms with Crippen molar-refractivity contribution in [3.8, 4) is 0 Å². The average Bonchev–Trinajstić information content (AvgIpc) is 2.69. The summed E-state index contributed by atoms with van der Waals surface area (Å²) in [7, 11) is 0. The second kappa shape index (κ2) is 8.77. The first-order valence-corrected chi connectivity index (χ1v) is 8.89. The van der Waals surface area contributed by atoms with Crippen LogP contribution in [-0.2, 0) is 9.53 Å². The van der Waals surface area contributed by atoms with Crippen molar-refractivity contribution in [2.45, 2.75) is 13.0 Å². The van der Waals surface area contributed by atoms with Crippen molar-refractivity contribution in [2.24, 2.45) is 0 Å². The Morgan fingerprint density at radius 1 is 1.19 bits per heavy atom. The van der Waals surface area contributed by atoms with Gasteiger partial charge in [0, 0.05) is 30.4 Å². The zero-order chi connectivity index (χ0) is 19.2. The Balaban J connectivity index is 1.64. The first-order valence-electron chi connectivity index (χ1n) is 8.89. The maximum Gasteiger partial charge on any atom is 0.244 e. The maximum absolute atomic E-state index is 13.6. The minimum atomic E-state index is -0.577. The van der Waals surface area contributed by atoms with Crippen LogP contribution in [0.25, 0.3) is 6.08 Å². The lowest BCUT2D eigenvalue weighted by atomic mass is 10.1. The fourth-order valence-corrected chi connectivity index (χ4v) is 2.97. The van der Waals surface area contributed by atoms with E-state index >= 15 is 0 Å². The second-order valence-electron chi connectivity index (χ2n) is 6.42. The number of anilines is 1. The molecule has 1 aliphatic heterocycles. The normalized spacial score (nSPS) is 15.7. The summed E-state index contributed by atoms with van der Waals surface area (Å²) in [6.45, 7) is 4.97. The van der Waals surface area contributed by atoms with Crippen LogP contribution in [0.5, 0.6) is 0 Å². The minimum absolute atomic E-state index is 0.0344. The van der Waals surface area contributed by atoms with E-state index in [2.05, 4.69) is 10.2 Å². The van der Waals surface area contributed by atoms with E-state index < -0.39 is 11.6 Å². The Morgan fingerprint density at radius 3 is 2.74 bits per heavy atom. The molecule has 4 nitrogen and oxygen atoms in total. The molecule has 1 fully saturated rings. The van der Waals surface area contributed by atoms with E-state index in [1.165, 1.54) is 12.2 Å². The molecule has 2 aromatic rings. The number of rotatable bonds is 5. The van der Waals surface area contributed by atoms with Gasteiger partial charge in [-0.05, 0) is 48.9 Å². The van der Waals surface area contributed by atoms with Gasteiger partial charge >= 0.3 is 0 Å². The number of halogens is 2. The lowest BCUT2D eigenvalue weighted by Gasteiger charge is -2.29. The van der Waals surface area contributed by atoms with Gasteiger partial charge in [-0.15, -0.1) is 0 Å². The summed E-state index contributed by atoms with van der Waals surface area (Å²) in [5.41, 5.74) is 2.10. The topological polar surface area (TPSA) is 41.6 Å². The van der Waals surface area contributed by atoms with Crippen molar-refractivity contribution in [3.63, 3.8) is 0 Å². The van der Waals surface area contributed by atoms with E-state index in [9.17, 15) is 13.6 Å². The van der Waals surface area contributed by atoms with Crippen LogP contribution in [0.3, 0.4) is 0 Å². The number of benzene rings is 2. The van der Waals surface area contributed by atoms with Gasteiger partial charge in [0.15, 0.2) is 0 Å². The van der Waals surface area contributed by atoms with Gasteiger partial charge in [0.05, 0.1) is 19.3 Å². The molecule has 0 bridgehead atoms. The molecule has 1 saturated heterocycles. The summed E-state index contributed by atoms with van der Waals surface area (Å²) >= 11 is 0. The molecule has 0 saturated carbocycles. The third-order valence-electron chi connectivity index (χ3n) is 4.48. The molecule has 0 spiro atoms. The van der Waals surface area contributed by atoms with E-state index in [0.717, 1.165) is 42.5 Å². The number of morpholine rings is 1. The van der Waals surface area contributed by atoms with E-state index in [4.69, 9.17) is 4.74 Å². The van der Waals surface area contributed by atoms with Crippen molar-refractivity contribution in [3.05, 3.63) is 71.3 Å². The van der Waals surface area contributed by atoms with Gasteiger partial charge in [-0.2, -0.15) is 0 Å². The number of carbonyl (C=O) groups is 1. The van der Waals surface area contributed by atoms with Crippen LogP contribution >= 0.6 is 0 Å². The maximum atomic E-state index is 13.6. The molecule has 0 radical (unpaired) electrons. The quantitative estimate of drug-likeness (QED) is 0.814. The Morgan fingerprint density at radius 2 is 1.96 bits per heavy atom. The molecule has 1 atom stereocenters. The van der Waals surface area contributed by atoms with Gasteiger partial charge in [-0.3, -0.25) is 4.79 Å². The molecule has 2 aromatic carbocycles. The predicted octanol–water partition coefficient (Wildman–Crippen LogP) is 3.69. The van der Waals surface area contributed by atoms with Crippen molar-refractivity contribution >= 4 is 17.7 Å². The summed E-state index contributed by atoms with van der Waals surface area (Å²) in [6, 6.07) is 10.9. The molecule has 3 rings (SSSR count). The van der Waals surface area contributed by atoms with E-state index in [1.54, 1.807) is 0 Å². The third kappa shape index (κ3) is 5.14. The van der Waals surface area contributed by atoms with E-state index in [-0.39, 0.29) is 17.5 Å². The van der Waals surface area contributed by atoms with Crippen molar-refractivity contribution in [1.82, 2.24) is 5.32 Å². The number of carbonyl (C=O) groups excluding carboxylic acids is 1. The van der Waals surface area contributed by atoms with Gasteiger partial charge in [0.1, 0.15) is 11.6 Å². The molecule has 1 unspecified atom stereocenters. The SMILES string of the molecule is CC(NC(=O)/C=C/c1cc(F)ccc1F)c1cccc(N2CCOCC2)c1. The first kappa shape index (κ1) is 19.0. The lowest BCUT2D eigenvalue weighted by Crippen LogP contribution is -2.36. The third-order valence-corrected chi connectivity index (χ3v) is 4.48. The summed E-state index contributed by atoms with van der Waals surface area (Å²) in [5.74, 6) is -1.50. The van der Waals surface area contributed by atoms with Crippen LogP contribution in [0.1, 0.15) is 24.1 Å². The molecular weight excluding hydrogens is 350 g/mol. The molecule has 27 heavy (non-hydrogen) atoms. The average molecular weight is 372 g/mol. The van der Waals surface area contributed by atoms with Gasteiger partial charge in [-0.1, -0.05) is 12.1 Å². The number of amides is 1. The van der Waals surface area contributed by atoms with Crippen LogP contribution in [0.15, 0.2) is 48.5 Å². The van der Waals surface area contributed by atoms with Gasteiger partial charge in [0.25, 0.3) is 0 Å². The Kier molecular flexibility index (Phi) is 6.19. The second-order valence-corrected chi connectivity index (χ2v) is 6.42. The number of hydrogen-bond acceptors (Lipinski definition) is 3. The highest BCUT2D eigenvalue weighted by atomic mass is 19.1. The van der Waals surface area contributed by atoms with E-state index in [0.29, 0.717) is 13.2 Å². The Bertz CT molecular complexity index is 833. The summed E-state index contributed by atoms with van der Waals surface area (Å²) in [4.78, 5) is 14.4. The fraction of sp³-hybridized carbons (Fsp3) is 0.286. The zero-order valence-corrected chi connectivity index (χ0v) is 15.1. The highest BCUT2D eigenvalue weighted by Gasteiger charge is 2.14. The van der Waals surface area contributed by atoms with Crippen LogP contribution in [0, 0.1) is 11.6 Å². The molecule has 1 amide bonds. The van der Waals surface area contributed by atoms with Crippen LogP contribution < -0.4 is 10.2 Å². The number of hydrogen-bond donors (Lipinski definition) is 1. The summed E-state index contributed by atoms with van der Waals surface area (Å²) in [6.07, 6.45) is 2.48. The monoisotopic (exact) mass is 372 g/mol. The number of nitrogens with zero attached hydrogens (tertiary/aromatic N) is 1. The Labute approximate surface area is 157 Å². The van der Waals surface area contributed by atoms with Crippen molar-refractivity contribution in [1.29, 1.82) is 0 Å². The molecule has 6 heteroatoms. The molecule has 0 aliphatic carbocycles. The summed E-state index contributed by atoms with van der Waals surface area (Å²) < 4.78 is 32.2. The fourth-order valence-electron chi connectivity index (χ4n) is 2.97. The highest BCUT2D eigenvalue weighted by Crippen LogP contribution is 2.21. The van der Waals surface area contributed by atoms with Gasteiger partial charge < -0.3 is 15.0 Å². The smallest absolute Gasteiger partial charge is 0.244 e. The predicted molar refractivity (Wildman–Crippen MR) is 101 cm³/mol. The Hall–Kier alpha value is -2.73. The highest BCUT2D eigenvalue weighted by molar-refractivity contribution is 5.92. The van der Waals surface area contributed by atoms with Gasteiger partial charge in [0.2, 0.25) is 5.91 Å². The zero-order valence-electron chi connectivity index (χ0n) is 15.1. The van der Waals surface area contributed by atoms with Crippen LogP contribution in [0.2, 0.25) is 0 Å². The minimum Gasteiger partial charge on any atom is -0.378 e. The van der Waals surface area contributed by atoms with Crippen molar-refractivity contribution < 1.29 is 18.3 Å². The summed E-state index contributed by atoms with van der Waals surface area (Å²) in [5, 5.41) is 2.85. The largest absolute Gasteiger partial charge is 0.378 e. The molecule has 1 N–H and O–H groups in total. The number of nitrogens with one attached hydrogen (secondary N) is 1. The molecule has 1 heterocycles. The molecule has 142 valence electrons. The lowest BCUT2D eigenvalue weighted by molar-refractivity contribution is -0.117. The standard InChI is InChI=1S/C21H22F2N2O2/c1-15(16-3-2-4-19(14-16)25-9-11-27-12-10-25)24-21(26)8-5-17-13-18(22)6-7-20(17)23/h2-8,13-15H,9-12H2,1H3,(H,24,26)/b8-5+. The number of ether oxygens (including phenoxy) is 1. The van der Waals surface area contributed by atoms with E-state index in [1.807, 2.05) is 31.2 Å².